The summed E-state index contributed by atoms with van der Waals surface area (Å²) in [4.78, 5) is 0. The number of fused-ring (bicyclic) bond motifs is 1. The standard InChI is InChI=1S/C17H16FN/c1-12-13(2)19(11-14-7-4-3-5-8-14)17-15(12)9-6-10-16(17)18/h3-10H,11H2,1-2H3. The van der Waals surface area contributed by atoms with E-state index < -0.39 is 0 Å². The molecule has 1 heterocycles. The summed E-state index contributed by atoms with van der Waals surface area (Å²) in [7, 11) is 0. The summed E-state index contributed by atoms with van der Waals surface area (Å²) < 4.78 is 16.2. The Bertz CT molecular complexity index is 726. The monoisotopic (exact) mass is 253 g/mol. The van der Waals surface area contributed by atoms with Gasteiger partial charge in [-0.1, -0.05) is 42.5 Å². The molecular formula is C17H16FN. The Morgan fingerprint density at radius 1 is 0.947 bits per heavy atom. The predicted molar refractivity (Wildman–Crippen MR) is 76.9 cm³/mol. The van der Waals surface area contributed by atoms with E-state index in [4.69, 9.17) is 0 Å². The summed E-state index contributed by atoms with van der Waals surface area (Å²) in [6.45, 7) is 4.81. The average Bonchev–Trinajstić information content (AvgIpc) is 2.67. The largest absolute Gasteiger partial charge is 0.338 e. The third-order valence-corrected chi connectivity index (χ3v) is 3.79. The van der Waals surface area contributed by atoms with Crippen LogP contribution in [0.25, 0.3) is 10.9 Å². The van der Waals surface area contributed by atoms with Crippen molar-refractivity contribution in [3.8, 4) is 0 Å². The topological polar surface area (TPSA) is 4.93 Å². The van der Waals surface area contributed by atoms with Crippen LogP contribution in [0.5, 0.6) is 0 Å². The van der Waals surface area contributed by atoms with E-state index in [1.165, 1.54) is 11.6 Å². The zero-order valence-corrected chi connectivity index (χ0v) is 11.2. The van der Waals surface area contributed by atoms with E-state index >= 15 is 0 Å². The highest BCUT2D eigenvalue weighted by Gasteiger charge is 2.14. The van der Waals surface area contributed by atoms with Crippen LogP contribution in [-0.4, -0.2) is 4.57 Å². The van der Waals surface area contributed by atoms with Crippen molar-refractivity contribution >= 4 is 10.9 Å². The van der Waals surface area contributed by atoms with Gasteiger partial charge in [0.2, 0.25) is 0 Å². The molecule has 0 saturated carbocycles. The Kier molecular flexibility index (Phi) is 2.86. The van der Waals surface area contributed by atoms with Crippen molar-refractivity contribution < 1.29 is 4.39 Å². The van der Waals surface area contributed by atoms with Gasteiger partial charge >= 0.3 is 0 Å². The predicted octanol–water partition coefficient (Wildman–Crippen LogP) is 4.45. The second-order valence-corrected chi connectivity index (χ2v) is 4.92. The molecule has 1 nitrogen and oxygen atoms in total. The molecule has 0 bridgehead atoms. The number of benzene rings is 2. The Morgan fingerprint density at radius 2 is 1.68 bits per heavy atom. The number of aryl methyl sites for hydroxylation is 1. The lowest BCUT2D eigenvalue weighted by atomic mass is 10.1. The minimum absolute atomic E-state index is 0.148. The number of hydrogen-bond acceptors (Lipinski definition) is 0. The number of nitrogens with zero attached hydrogens (tertiary/aromatic N) is 1. The Balaban J connectivity index is 2.21. The molecule has 96 valence electrons. The summed E-state index contributed by atoms with van der Waals surface area (Å²) in [5.41, 5.74) is 4.18. The van der Waals surface area contributed by atoms with Gasteiger partial charge in [-0.15, -0.1) is 0 Å². The van der Waals surface area contributed by atoms with Gasteiger partial charge in [0.1, 0.15) is 5.82 Å². The molecule has 2 heteroatoms. The lowest BCUT2D eigenvalue weighted by Gasteiger charge is -2.09. The first-order valence-electron chi connectivity index (χ1n) is 6.46. The molecule has 0 radical (unpaired) electrons. The van der Waals surface area contributed by atoms with Crippen molar-refractivity contribution in [2.24, 2.45) is 0 Å². The van der Waals surface area contributed by atoms with Gasteiger partial charge in [0.25, 0.3) is 0 Å². The second kappa shape index (κ2) is 4.54. The second-order valence-electron chi connectivity index (χ2n) is 4.92. The highest BCUT2D eigenvalue weighted by Crippen LogP contribution is 2.27. The van der Waals surface area contributed by atoms with Gasteiger partial charge in [-0.3, -0.25) is 0 Å². The number of rotatable bonds is 2. The van der Waals surface area contributed by atoms with Crippen LogP contribution in [0, 0.1) is 19.7 Å². The number of halogens is 1. The maximum atomic E-state index is 14.1. The van der Waals surface area contributed by atoms with Crippen LogP contribution >= 0.6 is 0 Å². The van der Waals surface area contributed by atoms with Crippen LogP contribution < -0.4 is 0 Å². The van der Waals surface area contributed by atoms with Crippen LogP contribution in [0.3, 0.4) is 0 Å². The zero-order chi connectivity index (χ0) is 13.4. The summed E-state index contributed by atoms with van der Waals surface area (Å²) in [5.74, 6) is -0.148. The van der Waals surface area contributed by atoms with Gasteiger partial charge in [0, 0.05) is 17.6 Å². The van der Waals surface area contributed by atoms with E-state index in [2.05, 4.69) is 30.5 Å². The molecule has 0 atom stereocenters. The Morgan fingerprint density at radius 3 is 2.42 bits per heavy atom. The van der Waals surface area contributed by atoms with Gasteiger partial charge < -0.3 is 4.57 Å². The fourth-order valence-electron chi connectivity index (χ4n) is 2.62. The minimum atomic E-state index is -0.148. The van der Waals surface area contributed by atoms with E-state index in [0.29, 0.717) is 12.1 Å². The van der Waals surface area contributed by atoms with Crippen molar-refractivity contribution in [3.05, 3.63) is 71.2 Å². The molecule has 0 unspecified atom stereocenters. The van der Waals surface area contributed by atoms with Crippen molar-refractivity contribution in [2.45, 2.75) is 20.4 Å². The first-order chi connectivity index (χ1) is 9.18. The fraction of sp³-hybridized carbons (Fsp3) is 0.176. The molecule has 0 N–H and O–H groups in total. The van der Waals surface area contributed by atoms with Gasteiger partial charge in [-0.05, 0) is 31.0 Å². The highest BCUT2D eigenvalue weighted by atomic mass is 19.1. The SMILES string of the molecule is Cc1c(C)n(Cc2ccccc2)c2c(F)cccc12. The molecule has 0 aliphatic heterocycles. The van der Waals surface area contributed by atoms with E-state index in [9.17, 15) is 4.39 Å². The lowest BCUT2D eigenvalue weighted by Crippen LogP contribution is -2.02. The third kappa shape index (κ3) is 1.93. The Hall–Kier alpha value is -2.09. The number of aromatic nitrogens is 1. The number of para-hydroxylation sites is 1. The average molecular weight is 253 g/mol. The van der Waals surface area contributed by atoms with Gasteiger partial charge in [0.05, 0.1) is 5.52 Å². The Labute approximate surface area is 112 Å². The molecule has 1 aromatic heterocycles. The van der Waals surface area contributed by atoms with Crippen molar-refractivity contribution in [3.63, 3.8) is 0 Å². The molecule has 0 spiro atoms. The summed E-state index contributed by atoms with van der Waals surface area (Å²) >= 11 is 0. The quantitative estimate of drug-likeness (QED) is 0.636. The number of hydrogen-bond donors (Lipinski definition) is 0. The molecule has 0 saturated heterocycles. The zero-order valence-electron chi connectivity index (χ0n) is 11.2. The highest BCUT2D eigenvalue weighted by molar-refractivity contribution is 5.85. The molecule has 0 aliphatic carbocycles. The molecule has 2 aromatic carbocycles. The lowest BCUT2D eigenvalue weighted by molar-refractivity contribution is 0.627. The summed E-state index contributed by atoms with van der Waals surface area (Å²) in [6, 6.07) is 15.5. The van der Waals surface area contributed by atoms with Gasteiger partial charge in [0.15, 0.2) is 0 Å². The van der Waals surface area contributed by atoms with E-state index in [1.807, 2.05) is 24.3 Å². The maximum Gasteiger partial charge on any atom is 0.147 e. The molecule has 19 heavy (non-hydrogen) atoms. The molecule has 0 fully saturated rings. The fourth-order valence-corrected chi connectivity index (χ4v) is 2.62. The van der Waals surface area contributed by atoms with Crippen LogP contribution in [0.15, 0.2) is 48.5 Å². The smallest absolute Gasteiger partial charge is 0.147 e. The van der Waals surface area contributed by atoms with Crippen LogP contribution in [0.1, 0.15) is 16.8 Å². The molecular weight excluding hydrogens is 237 g/mol. The van der Waals surface area contributed by atoms with Crippen molar-refractivity contribution in [2.75, 3.05) is 0 Å². The van der Waals surface area contributed by atoms with Gasteiger partial charge in [-0.25, -0.2) is 4.39 Å². The first kappa shape index (κ1) is 12.0. The van der Waals surface area contributed by atoms with Crippen molar-refractivity contribution in [1.82, 2.24) is 4.57 Å². The maximum absolute atomic E-state index is 14.1. The van der Waals surface area contributed by atoms with Crippen molar-refractivity contribution in [1.29, 1.82) is 0 Å². The summed E-state index contributed by atoms with van der Waals surface area (Å²) in [5, 5.41) is 1.01. The van der Waals surface area contributed by atoms with E-state index in [1.54, 1.807) is 6.07 Å². The molecule has 0 aliphatic rings. The van der Waals surface area contributed by atoms with E-state index in [0.717, 1.165) is 16.6 Å². The molecule has 3 aromatic rings. The molecule has 3 rings (SSSR count). The normalized spacial score (nSPS) is 11.1. The van der Waals surface area contributed by atoms with Crippen LogP contribution in [-0.2, 0) is 6.54 Å². The first-order valence-corrected chi connectivity index (χ1v) is 6.46. The molecule has 0 amide bonds. The minimum Gasteiger partial charge on any atom is -0.338 e. The third-order valence-electron chi connectivity index (χ3n) is 3.79. The van der Waals surface area contributed by atoms with Gasteiger partial charge in [-0.2, -0.15) is 0 Å². The van der Waals surface area contributed by atoms with Crippen LogP contribution in [0.4, 0.5) is 4.39 Å². The van der Waals surface area contributed by atoms with E-state index in [-0.39, 0.29) is 5.82 Å². The van der Waals surface area contributed by atoms with Crippen LogP contribution in [0.2, 0.25) is 0 Å². The summed E-state index contributed by atoms with van der Waals surface area (Å²) in [6.07, 6.45) is 0.